The molecule has 5 nitrogen and oxygen atoms in total. The maximum Gasteiger partial charge on any atom is 0.340 e. The number of aryl methyl sites for hydroxylation is 1. The highest BCUT2D eigenvalue weighted by molar-refractivity contribution is 6.30. The zero-order valence-electron chi connectivity index (χ0n) is 14.5. The number of carbonyl (C=O) groups excluding carboxylic acids is 1. The normalized spacial score (nSPS) is 14.5. The molecular formula is C19H22ClN3O2. The van der Waals surface area contributed by atoms with Crippen molar-refractivity contribution >= 4 is 34.6 Å². The number of carbonyl (C=O) groups is 1. The van der Waals surface area contributed by atoms with Crippen LogP contribution >= 0.6 is 11.6 Å². The molecule has 1 aliphatic heterocycles. The van der Waals surface area contributed by atoms with E-state index >= 15 is 0 Å². The zero-order chi connectivity index (χ0) is 18.0. The molecule has 0 radical (unpaired) electrons. The largest absolute Gasteiger partial charge is 0.465 e. The maximum atomic E-state index is 11.8. The van der Waals surface area contributed by atoms with Crippen molar-refractivity contribution in [3.8, 4) is 0 Å². The summed E-state index contributed by atoms with van der Waals surface area (Å²) in [6, 6.07) is 11.5. The van der Waals surface area contributed by atoms with Gasteiger partial charge in [-0.05, 0) is 42.8 Å². The monoisotopic (exact) mass is 359 g/mol. The van der Waals surface area contributed by atoms with E-state index in [1.807, 2.05) is 30.3 Å². The van der Waals surface area contributed by atoms with E-state index in [9.17, 15) is 4.79 Å². The van der Waals surface area contributed by atoms with Crippen LogP contribution in [0.2, 0.25) is 5.02 Å². The molecule has 0 atom stereocenters. The van der Waals surface area contributed by atoms with Gasteiger partial charge in [-0.3, -0.25) is 0 Å². The van der Waals surface area contributed by atoms with Gasteiger partial charge in [0.25, 0.3) is 0 Å². The standard InChI is InChI=1S/C19H22ClN3O2/c1-13-3-4-14(20)11-18(13)23-9-7-22(8-10-23)15-5-6-17(21)16(12-15)19(24)25-2/h3-6,11-12H,7-10,21H2,1-2H3. The Bertz CT molecular complexity index is 786. The van der Waals surface area contributed by atoms with Crippen molar-refractivity contribution in [1.82, 2.24) is 0 Å². The fourth-order valence-corrected chi connectivity index (χ4v) is 3.32. The highest BCUT2D eigenvalue weighted by atomic mass is 35.5. The number of piperazine rings is 1. The van der Waals surface area contributed by atoms with E-state index in [1.54, 1.807) is 6.07 Å². The number of halogens is 1. The number of nitrogens with two attached hydrogens (primary N) is 1. The minimum absolute atomic E-state index is 0.410. The molecule has 6 heteroatoms. The fraction of sp³-hybridized carbons (Fsp3) is 0.316. The summed E-state index contributed by atoms with van der Waals surface area (Å²) in [5.41, 5.74) is 10.1. The van der Waals surface area contributed by atoms with Gasteiger partial charge < -0.3 is 20.3 Å². The van der Waals surface area contributed by atoms with Crippen LogP contribution in [-0.2, 0) is 4.74 Å². The van der Waals surface area contributed by atoms with Gasteiger partial charge in [-0.2, -0.15) is 0 Å². The molecule has 2 aromatic carbocycles. The molecule has 1 saturated heterocycles. The molecule has 0 aromatic heterocycles. The smallest absolute Gasteiger partial charge is 0.340 e. The first-order chi connectivity index (χ1) is 12.0. The number of esters is 1. The number of hydrogen-bond donors (Lipinski definition) is 1. The molecule has 0 saturated carbocycles. The summed E-state index contributed by atoms with van der Waals surface area (Å²) in [5.74, 6) is -0.410. The summed E-state index contributed by atoms with van der Waals surface area (Å²) in [7, 11) is 1.36. The molecule has 2 N–H and O–H groups in total. The van der Waals surface area contributed by atoms with Crippen molar-refractivity contribution in [3.63, 3.8) is 0 Å². The van der Waals surface area contributed by atoms with Crippen LogP contribution in [0, 0.1) is 6.92 Å². The molecule has 0 aliphatic carbocycles. The van der Waals surface area contributed by atoms with Crippen LogP contribution in [0.4, 0.5) is 17.1 Å². The summed E-state index contributed by atoms with van der Waals surface area (Å²) in [4.78, 5) is 16.4. The molecule has 0 amide bonds. The van der Waals surface area contributed by atoms with Crippen LogP contribution < -0.4 is 15.5 Å². The Balaban J connectivity index is 1.74. The third kappa shape index (κ3) is 3.66. The number of ether oxygens (including phenoxy) is 1. The minimum atomic E-state index is -0.410. The molecule has 1 fully saturated rings. The van der Waals surface area contributed by atoms with E-state index in [2.05, 4.69) is 16.7 Å². The van der Waals surface area contributed by atoms with E-state index in [0.717, 1.165) is 36.9 Å². The predicted octanol–water partition coefficient (Wildman–Crippen LogP) is 3.34. The van der Waals surface area contributed by atoms with Gasteiger partial charge in [0, 0.05) is 48.3 Å². The molecule has 132 valence electrons. The van der Waals surface area contributed by atoms with Crippen molar-refractivity contribution in [2.75, 3.05) is 48.8 Å². The van der Waals surface area contributed by atoms with Crippen LogP contribution in [0.3, 0.4) is 0 Å². The second-order valence-corrected chi connectivity index (χ2v) is 6.60. The average molecular weight is 360 g/mol. The van der Waals surface area contributed by atoms with Crippen molar-refractivity contribution in [1.29, 1.82) is 0 Å². The Morgan fingerprint density at radius 1 is 1.08 bits per heavy atom. The number of hydrogen-bond acceptors (Lipinski definition) is 5. The van der Waals surface area contributed by atoms with Crippen molar-refractivity contribution in [3.05, 3.63) is 52.5 Å². The number of benzene rings is 2. The Kier molecular flexibility index (Phi) is 5.04. The number of rotatable bonds is 3. The van der Waals surface area contributed by atoms with Gasteiger partial charge in [0.2, 0.25) is 0 Å². The molecule has 0 unspecified atom stereocenters. The van der Waals surface area contributed by atoms with Gasteiger partial charge in [0.1, 0.15) is 0 Å². The van der Waals surface area contributed by atoms with Crippen LogP contribution in [0.1, 0.15) is 15.9 Å². The SMILES string of the molecule is COC(=O)c1cc(N2CCN(c3cc(Cl)ccc3C)CC2)ccc1N. The molecule has 2 aromatic rings. The summed E-state index contributed by atoms with van der Waals surface area (Å²) >= 11 is 6.14. The summed E-state index contributed by atoms with van der Waals surface area (Å²) in [5, 5.41) is 0.754. The molecule has 1 heterocycles. The molecule has 0 bridgehead atoms. The average Bonchev–Trinajstić information content (AvgIpc) is 2.63. The minimum Gasteiger partial charge on any atom is -0.465 e. The lowest BCUT2D eigenvalue weighted by Gasteiger charge is -2.38. The Labute approximate surface area is 152 Å². The first-order valence-electron chi connectivity index (χ1n) is 8.23. The van der Waals surface area contributed by atoms with Gasteiger partial charge in [-0.25, -0.2) is 4.79 Å². The summed E-state index contributed by atoms with van der Waals surface area (Å²) in [6.45, 7) is 5.59. The van der Waals surface area contributed by atoms with E-state index in [4.69, 9.17) is 22.1 Å². The zero-order valence-corrected chi connectivity index (χ0v) is 15.2. The van der Waals surface area contributed by atoms with Crippen LogP contribution in [-0.4, -0.2) is 39.3 Å². The van der Waals surface area contributed by atoms with Gasteiger partial charge in [0.15, 0.2) is 0 Å². The summed E-state index contributed by atoms with van der Waals surface area (Å²) in [6.07, 6.45) is 0. The highest BCUT2D eigenvalue weighted by Gasteiger charge is 2.20. The lowest BCUT2D eigenvalue weighted by Crippen LogP contribution is -2.46. The second-order valence-electron chi connectivity index (χ2n) is 6.17. The third-order valence-electron chi connectivity index (χ3n) is 4.60. The van der Waals surface area contributed by atoms with E-state index in [1.165, 1.54) is 18.4 Å². The molecule has 25 heavy (non-hydrogen) atoms. The first-order valence-corrected chi connectivity index (χ1v) is 8.61. The number of anilines is 3. The molecule has 1 aliphatic rings. The molecular weight excluding hydrogens is 338 g/mol. The predicted molar refractivity (Wildman–Crippen MR) is 103 cm³/mol. The Morgan fingerprint density at radius 3 is 2.44 bits per heavy atom. The maximum absolute atomic E-state index is 11.8. The second kappa shape index (κ2) is 7.23. The number of nitrogens with zero attached hydrogens (tertiary/aromatic N) is 2. The summed E-state index contributed by atoms with van der Waals surface area (Å²) < 4.78 is 4.80. The van der Waals surface area contributed by atoms with Gasteiger partial charge in [0.05, 0.1) is 12.7 Å². The third-order valence-corrected chi connectivity index (χ3v) is 4.83. The van der Waals surface area contributed by atoms with Crippen LogP contribution in [0.15, 0.2) is 36.4 Å². The van der Waals surface area contributed by atoms with Crippen molar-refractivity contribution in [2.24, 2.45) is 0 Å². The van der Waals surface area contributed by atoms with Crippen LogP contribution in [0.25, 0.3) is 0 Å². The van der Waals surface area contributed by atoms with Crippen LogP contribution in [0.5, 0.6) is 0 Å². The number of nitrogen functional groups attached to an aromatic ring is 1. The quantitative estimate of drug-likeness (QED) is 0.672. The lowest BCUT2D eigenvalue weighted by molar-refractivity contribution is 0.0602. The lowest BCUT2D eigenvalue weighted by atomic mass is 10.1. The number of methoxy groups -OCH3 is 1. The van der Waals surface area contributed by atoms with E-state index < -0.39 is 5.97 Å². The fourth-order valence-electron chi connectivity index (χ4n) is 3.16. The molecule has 3 rings (SSSR count). The van der Waals surface area contributed by atoms with E-state index in [0.29, 0.717) is 11.3 Å². The Morgan fingerprint density at radius 2 is 1.76 bits per heavy atom. The van der Waals surface area contributed by atoms with Gasteiger partial charge in [-0.15, -0.1) is 0 Å². The van der Waals surface area contributed by atoms with Gasteiger partial charge >= 0.3 is 5.97 Å². The highest BCUT2D eigenvalue weighted by Crippen LogP contribution is 2.27. The van der Waals surface area contributed by atoms with E-state index in [-0.39, 0.29) is 0 Å². The topological polar surface area (TPSA) is 58.8 Å². The van der Waals surface area contributed by atoms with Crippen molar-refractivity contribution < 1.29 is 9.53 Å². The first kappa shape index (κ1) is 17.4. The van der Waals surface area contributed by atoms with Gasteiger partial charge in [-0.1, -0.05) is 17.7 Å². The Hall–Kier alpha value is -2.40. The molecule has 0 spiro atoms. The van der Waals surface area contributed by atoms with Crippen molar-refractivity contribution in [2.45, 2.75) is 6.92 Å².